The van der Waals surface area contributed by atoms with Gasteiger partial charge in [0.2, 0.25) is 11.5 Å². The molecule has 0 saturated carbocycles. The number of benzene rings is 2. The van der Waals surface area contributed by atoms with Crippen LogP contribution in [0.15, 0.2) is 54.6 Å². The molecule has 1 aliphatic heterocycles. The second-order valence-electron chi connectivity index (χ2n) is 10.3. The number of pyridine rings is 2. The van der Waals surface area contributed by atoms with Crippen molar-refractivity contribution in [3.05, 3.63) is 82.9 Å². The number of carbonyl (C=O) groups excluding carboxylic acids is 2. The molecule has 0 aliphatic carbocycles. The summed E-state index contributed by atoms with van der Waals surface area (Å²) in [6.45, 7) is 1.38. The fourth-order valence-corrected chi connectivity index (χ4v) is 4.69. The maximum absolute atomic E-state index is 14.6. The molecule has 0 saturated heterocycles. The predicted molar refractivity (Wildman–Crippen MR) is 142 cm³/mol. The van der Waals surface area contributed by atoms with Gasteiger partial charge in [-0.05, 0) is 62.4 Å². The molecule has 5 N–H and O–H groups in total. The molecule has 0 fully saturated rings. The smallest absolute Gasteiger partial charge is 0.424 e. The summed E-state index contributed by atoms with van der Waals surface area (Å²) in [6, 6.07) is 11.1. The van der Waals surface area contributed by atoms with Crippen LogP contribution in [0.5, 0.6) is 11.5 Å². The molecule has 1 unspecified atom stereocenters. The number of nitrogens with zero attached hydrogens (tertiary/aromatic N) is 2. The van der Waals surface area contributed by atoms with E-state index < -0.39 is 47.1 Å². The number of ether oxygens (including phenoxy) is 1. The molecule has 0 radical (unpaired) electrons. The summed E-state index contributed by atoms with van der Waals surface area (Å²) in [7, 11) is 0. The van der Waals surface area contributed by atoms with Crippen LogP contribution in [0.1, 0.15) is 34.2 Å². The molecule has 2 aromatic heterocycles. The highest BCUT2D eigenvalue weighted by Crippen LogP contribution is 2.47. The van der Waals surface area contributed by atoms with Gasteiger partial charge in [0, 0.05) is 27.8 Å². The summed E-state index contributed by atoms with van der Waals surface area (Å²) in [5, 5.41) is 23.9. The number of aliphatic hydroxyl groups is 1. The van der Waals surface area contributed by atoms with Gasteiger partial charge >= 0.3 is 6.18 Å². The molecular weight excluding hydrogens is 560 g/mol. The first-order valence-electron chi connectivity index (χ1n) is 12.6. The van der Waals surface area contributed by atoms with Gasteiger partial charge in [-0.1, -0.05) is 6.07 Å². The number of alkyl halides is 3. The minimum Gasteiger partial charge on any atom is -0.506 e. The normalized spacial score (nSPS) is 17.8. The summed E-state index contributed by atoms with van der Waals surface area (Å²) >= 11 is 0. The lowest BCUT2D eigenvalue weighted by molar-refractivity contribution is -0.265. The molecule has 5 rings (SSSR count). The number of carbonyl (C=O) groups is 2. The summed E-state index contributed by atoms with van der Waals surface area (Å²) in [5.74, 6) is -2.94. The van der Waals surface area contributed by atoms with E-state index in [0.29, 0.717) is 11.1 Å². The van der Waals surface area contributed by atoms with E-state index in [1.807, 2.05) is 0 Å². The largest absolute Gasteiger partial charge is 0.506 e. The van der Waals surface area contributed by atoms with Crippen molar-refractivity contribution < 1.29 is 42.1 Å². The standard InChI is InChI=1S/C29H24F4N4O5/c1-14-3-4-16-9-17(10-20(38)22(16)36-14)25(39)35-12-28(41,29(31,32)33)21-11-19-24(42-13-27(19,2)26(34)40)23(37-21)15-5-7-18(30)8-6-15/h3-11,38,41H,12-13H2,1-2H3,(H2,34,40)(H,35,39)/t27-,28?/m0/s1. The molecule has 0 bridgehead atoms. The van der Waals surface area contributed by atoms with Gasteiger partial charge in [0.15, 0.2) is 0 Å². The number of rotatable bonds is 6. The average Bonchev–Trinajstić information content (AvgIpc) is 3.29. The van der Waals surface area contributed by atoms with Gasteiger partial charge in [-0.2, -0.15) is 13.2 Å². The van der Waals surface area contributed by atoms with Crippen LogP contribution in [0.3, 0.4) is 0 Å². The number of nitrogens with two attached hydrogens (primary N) is 1. The molecule has 13 heteroatoms. The van der Waals surface area contributed by atoms with E-state index in [-0.39, 0.29) is 46.0 Å². The molecule has 9 nitrogen and oxygen atoms in total. The van der Waals surface area contributed by atoms with Crippen LogP contribution in [0.25, 0.3) is 22.2 Å². The van der Waals surface area contributed by atoms with Crippen molar-refractivity contribution in [2.24, 2.45) is 5.73 Å². The molecule has 1 aliphatic rings. The van der Waals surface area contributed by atoms with Crippen molar-refractivity contribution >= 4 is 22.7 Å². The number of aromatic hydroxyl groups is 1. The zero-order valence-electron chi connectivity index (χ0n) is 22.2. The minimum atomic E-state index is -5.38. The number of aryl methyl sites for hydroxylation is 1. The Morgan fingerprint density at radius 3 is 2.43 bits per heavy atom. The Hall–Kier alpha value is -4.78. The number of phenols is 1. The van der Waals surface area contributed by atoms with Crippen LogP contribution in [-0.4, -0.2) is 51.3 Å². The van der Waals surface area contributed by atoms with Gasteiger partial charge in [0.1, 0.15) is 40.5 Å². The zero-order chi connectivity index (χ0) is 30.6. The molecule has 0 spiro atoms. The molecule has 218 valence electrons. The van der Waals surface area contributed by atoms with E-state index in [4.69, 9.17) is 10.5 Å². The number of amides is 2. The number of aromatic nitrogens is 2. The van der Waals surface area contributed by atoms with E-state index in [9.17, 15) is 37.4 Å². The maximum atomic E-state index is 14.6. The van der Waals surface area contributed by atoms with Crippen molar-refractivity contribution in [3.8, 4) is 22.8 Å². The van der Waals surface area contributed by atoms with Gasteiger partial charge in [-0.25, -0.2) is 14.4 Å². The lowest BCUT2D eigenvalue weighted by atomic mass is 9.81. The van der Waals surface area contributed by atoms with Crippen LogP contribution in [0.2, 0.25) is 0 Å². The van der Waals surface area contributed by atoms with Gasteiger partial charge in [0.25, 0.3) is 5.91 Å². The first kappa shape index (κ1) is 28.7. The number of fused-ring (bicyclic) bond motifs is 2. The lowest BCUT2D eigenvalue weighted by Gasteiger charge is -2.31. The third-order valence-electron chi connectivity index (χ3n) is 7.31. The maximum Gasteiger partial charge on any atom is 0.424 e. The second kappa shape index (κ2) is 9.94. The third-order valence-corrected chi connectivity index (χ3v) is 7.31. The van der Waals surface area contributed by atoms with E-state index >= 15 is 0 Å². The molecule has 2 atom stereocenters. The van der Waals surface area contributed by atoms with Crippen LogP contribution in [-0.2, 0) is 15.8 Å². The van der Waals surface area contributed by atoms with Crippen molar-refractivity contribution in [2.45, 2.75) is 31.0 Å². The summed E-state index contributed by atoms with van der Waals surface area (Å²) < 4.78 is 63.0. The zero-order valence-corrected chi connectivity index (χ0v) is 22.2. The Bertz CT molecular complexity index is 1750. The third kappa shape index (κ3) is 4.75. The van der Waals surface area contributed by atoms with E-state index in [1.165, 1.54) is 25.1 Å². The fourth-order valence-electron chi connectivity index (χ4n) is 4.69. The number of halogens is 4. The van der Waals surface area contributed by atoms with Gasteiger partial charge in [-0.15, -0.1) is 0 Å². The molecule has 42 heavy (non-hydrogen) atoms. The molecule has 2 aromatic carbocycles. The highest BCUT2D eigenvalue weighted by Gasteiger charge is 2.57. The number of phenolic OH excluding ortho intramolecular Hbond substituents is 1. The molecule has 2 amide bonds. The van der Waals surface area contributed by atoms with Gasteiger partial charge in [0.05, 0.1) is 12.2 Å². The molecule has 4 aromatic rings. The van der Waals surface area contributed by atoms with Crippen LogP contribution in [0, 0.1) is 12.7 Å². The predicted octanol–water partition coefficient (Wildman–Crippen LogP) is 3.77. The van der Waals surface area contributed by atoms with Crippen molar-refractivity contribution in [3.63, 3.8) is 0 Å². The first-order chi connectivity index (χ1) is 19.6. The Kier molecular flexibility index (Phi) is 6.80. The van der Waals surface area contributed by atoms with Crippen molar-refractivity contribution in [1.29, 1.82) is 0 Å². The second-order valence-corrected chi connectivity index (χ2v) is 10.3. The SMILES string of the molecule is Cc1ccc2cc(C(=O)NCC(O)(c3cc4c(c(-c5ccc(F)cc5)n3)OC[C@]4(C)C(N)=O)C(F)(F)F)cc(O)c2n1. The van der Waals surface area contributed by atoms with Crippen molar-refractivity contribution in [1.82, 2.24) is 15.3 Å². The quantitative estimate of drug-likeness (QED) is 0.252. The van der Waals surface area contributed by atoms with Crippen LogP contribution in [0.4, 0.5) is 17.6 Å². The number of nitrogens with one attached hydrogen (secondary N) is 1. The Balaban J connectivity index is 1.58. The highest BCUT2D eigenvalue weighted by molar-refractivity contribution is 6.00. The summed E-state index contributed by atoms with van der Waals surface area (Å²) in [6.07, 6.45) is -5.38. The molecular formula is C29H24F4N4O5. The number of primary amides is 1. The van der Waals surface area contributed by atoms with E-state index in [2.05, 4.69) is 15.3 Å². The van der Waals surface area contributed by atoms with E-state index in [0.717, 1.165) is 24.3 Å². The number of hydrogen-bond acceptors (Lipinski definition) is 7. The summed E-state index contributed by atoms with van der Waals surface area (Å²) in [5.41, 5.74) is -0.202. The average molecular weight is 585 g/mol. The Morgan fingerprint density at radius 2 is 1.79 bits per heavy atom. The van der Waals surface area contributed by atoms with Gasteiger partial charge in [-0.3, -0.25) is 9.59 Å². The van der Waals surface area contributed by atoms with Gasteiger partial charge < -0.3 is 26.0 Å². The monoisotopic (exact) mass is 584 g/mol. The Morgan fingerprint density at radius 1 is 1.10 bits per heavy atom. The molecule has 3 heterocycles. The topological polar surface area (TPSA) is 148 Å². The minimum absolute atomic E-state index is 0.0456. The van der Waals surface area contributed by atoms with E-state index in [1.54, 1.807) is 19.1 Å². The summed E-state index contributed by atoms with van der Waals surface area (Å²) in [4.78, 5) is 33.5. The number of hydrogen-bond donors (Lipinski definition) is 4. The Labute approximate surface area is 236 Å². The highest BCUT2D eigenvalue weighted by atomic mass is 19.4. The van der Waals surface area contributed by atoms with Crippen LogP contribution >= 0.6 is 0 Å². The fraction of sp³-hybridized carbons (Fsp3) is 0.241. The van der Waals surface area contributed by atoms with Crippen LogP contribution < -0.4 is 15.8 Å². The first-order valence-corrected chi connectivity index (χ1v) is 12.6. The van der Waals surface area contributed by atoms with Crippen molar-refractivity contribution in [2.75, 3.05) is 13.2 Å². The lowest BCUT2D eigenvalue weighted by Crippen LogP contribution is -2.51.